The van der Waals surface area contributed by atoms with Crippen molar-refractivity contribution in [2.45, 2.75) is 11.6 Å². The van der Waals surface area contributed by atoms with E-state index in [0.29, 0.717) is 0 Å². The summed E-state index contributed by atoms with van der Waals surface area (Å²) in [6.45, 7) is 0. The van der Waals surface area contributed by atoms with E-state index in [9.17, 15) is 0 Å². The highest BCUT2D eigenvalue weighted by atomic mass is 31.2. The summed E-state index contributed by atoms with van der Waals surface area (Å²) in [6, 6.07) is 67.5. The van der Waals surface area contributed by atoms with Crippen molar-refractivity contribution in [3.8, 4) is 33.4 Å². The maximum absolute atomic E-state index is 15.2. The standard InChI is InChI=1S/C50H33N2OP/c53-54(35-16-5-2-6-17-35)46-25-12-8-19-38(46)39-30-33(27-29-47(39)54)34-26-28-37-36-18-7-9-20-40(36)50(43(37)31-34)41-21-10-11-24-45(41)52-48-42(50)22-13-23-44(48)51-49(52)32-14-3-1-4-15-32/h1-31,49,51H. The number of nitrogens with zero attached hydrogens (tertiary/aromatic N) is 1. The summed E-state index contributed by atoms with van der Waals surface area (Å²) in [5, 5.41) is 6.65. The van der Waals surface area contributed by atoms with E-state index < -0.39 is 12.6 Å². The van der Waals surface area contributed by atoms with Crippen LogP contribution >= 0.6 is 7.14 Å². The molecule has 1 spiro atoms. The maximum Gasteiger partial charge on any atom is 0.172 e. The molecule has 4 aliphatic rings. The highest BCUT2D eigenvalue weighted by molar-refractivity contribution is 7.86. The van der Waals surface area contributed by atoms with E-state index in [-0.39, 0.29) is 6.17 Å². The predicted octanol–water partition coefficient (Wildman–Crippen LogP) is 10.9. The summed E-state index contributed by atoms with van der Waals surface area (Å²) in [4.78, 5) is 2.52. The van der Waals surface area contributed by atoms with E-state index in [1.807, 2.05) is 36.4 Å². The Kier molecular flexibility index (Phi) is 6.03. The summed E-state index contributed by atoms with van der Waals surface area (Å²) in [5.74, 6) is 0. The number of fused-ring (bicyclic) bond motifs is 12. The Bertz CT molecular complexity index is 2920. The molecule has 254 valence electrons. The predicted molar refractivity (Wildman–Crippen MR) is 223 cm³/mol. The molecule has 12 rings (SSSR count). The lowest BCUT2D eigenvalue weighted by Gasteiger charge is -2.44. The number of para-hydroxylation sites is 2. The normalized spacial score (nSPS) is 20.4. The molecule has 8 aromatic carbocycles. The lowest BCUT2D eigenvalue weighted by Crippen LogP contribution is -2.37. The van der Waals surface area contributed by atoms with Gasteiger partial charge in [-0.25, -0.2) is 0 Å². The molecule has 0 radical (unpaired) electrons. The summed E-state index contributed by atoms with van der Waals surface area (Å²) >= 11 is 0. The van der Waals surface area contributed by atoms with Gasteiger partial charge in [0.15, 0.2) is 7.14 Å². The van der Waals surface area contributed by atoms with Gasteiger partial charge in [-0.05, 0) is 91.5 Å². The SMILES string of the molecule is O=P1(c2ccccc2)c2ccccc2-c2cc(-c3ccc4c(c3)C3(c5ccccc5-4)c4ccccc4N4c5c(cccc53)NC4c3ccccc3)ccc21. The minimum atomic E-state index is -3.01. The molecule has 4 heteroatoms. The van der Waals surface area contributed by atoms with Gasteiger partial charge in [0.2, 0.25) is 0 Å². The minimum Gasteiger partial charge on any atom is -0.359 e. The fourth-order valence-electron chi connectivity index (χ4n) is 10.1. The molecule has 0 saturated heterocycles. The van der Waals surface area contributed by atoms with Gasteiger partial charge >= 0.3 is 0 Å². The second-order valence-corrected chi connectivity index (χ2v) is 17.5. The van der Waals surface area contributed by atoms with Crippen molar-refractivity contribution >= 4 is 40.1 Å². The van der Waals surface area contributed by atoms with Gasteiger partial charge in [-0.2, -0.15) is 0 Å². The van der Waals surface area contributed by atoms with Gasteiger partial charge in [0.25, 0.3) is 0 Å². The molecule has 3 nitrogen and oxygen atoms in total. The molecule has 1 N–H and O–H groups in total. The fourth-order valence-corrected chi connectivity index (χ4v) is 13.2. The molecule has 3 atom stereocenters. The van der Waals surface area contributed by atoms with Gasteiger partial charge in [-0.3, -0.25) is 0 Å². The van der Waals surface area contributed by atoms with E-state index in [2.05, 4.69) is 162 Å². The molecule has 0 saturated carbocycles. The van der Waals surface area contributed by atoms with Gasteiger partial charge in [0.1, 0.15) is 6.17 Å². The Morgan fingerprint density at radius 2 is 1.11 bits per heavy atom. The Hall–Kier alpha value is -6.41. The molecular formula is C50H33N2OP. The van der Waals surface area contributed by atoms with Crippen LogP contribution in [0.25, 0.3) is 33.4 Å². The molecular weight excluding hydrogens is 676 g/mol. The number of hydrogen-bond acceptors (Lipinski definition) is 3. The molecule has 3 aliphatic heterocycles. The van der Waals surface area contributed by atoms with Crippen molar-refractivity contribution in [3.05, 3.63) is 216 Å². The van der Waals surface area contributed by atoms with Crippen LogP contribution in [-0.4, -0.2) is 0 Å². The van der Waals surface area contributed by atoms with Crippen LogP contribution in [0.3, 0.4) is 0 Å². The molecule has 54 heavy (non-hydrogen) atoms. The van der Waals surface area contributed by atoms with Crippen LogP contribution in [0.15, 0.2) is 188 Å². The van der Waals surface area contributed by atoms with E-state index in [4.69, 9.17) is 0 Å². The van der Waals surface area contributed by atoms with Gasteiger partial charge in [0.05, 0.1) is 16.8 Å². The Labute approximate surface area is 314 Å². The summed E-state index contributed by atoms with van der Waals surface area (Å²) in [7, 11) is -3.01. The average molecular weight is 709 g/mol. The third-order valence-corrected chi connectivity index (χ3v) is 15.4. The third-order valence-electron chi connectivity index (χ3n) is 12.3. The Morgan fingerprint density at radius 1 is 0.481 bits per heavy atom. The number of rotatable bonds is 3. The number of benzene rings is 8. The van der Waals surface area contributed by atoms with Crippen LogP contribution in [0, 0.1) is 0 Å². The lowest BCUT2D eigenvalue weighted by atomic mass is 9.64. The van der Waals surface area contributed by atoms with E-state index >= 15 is 4.57 Å². The Morgan fingerprint density at radius 3 is 1.96 bits per heavy atom. The third kappa shape index (κ3) is 3.70. The zero-order chi connectivity index (χ0) is 35.6. The average Bonchev–Trinajstić information content (AvgIpc) is 3.86. The molecule has 3 heterocycles. The van der Waals surface area contributed by atoms with Gasteiger partial charge in [-0.15, -0.1) is 0 Å². The minimum absolute atomic E-state index is 0.0237. The molecule has 8 aromatic rings. The summed E-state index contributed by atoms with van der Waals surface area (Å²) in [6.07, 6.45) is -0.0237. The highest BCUT2D eigenvalue weighted by Gasteiger charge is 2.54. The van der Waals surface area contributed by atoms with E-state index in [1.165, 1.54) is 50.3 Å². The van der Waals surface area contributed by atoms with Gasteiger partial charge in [0, 0.05) is 21.6 Å². The largest absolute Gasteiger partial charge is 0.359 e. The van der Waals surface area contributed by atoms with Gasteiger partial charge in [-0.1, -0.05) is 158 Å². The first-order chi connectivity index (χ1) is 26.7. The van der Waals surface area contributed by atoms with Crippen LogP contribution in [-0.2, 0) is 9.98 Å². The molecule has 0 fully saturated rings. The topological polar surface area (TPSA) is 32.3 Å². The van der Waals surface area contributed by atoms with Gasteiger partial charge < -0.3 is 14.8 Å². The molecule has 1 aliphatic carbocycles. The van der Waals surface area contributed by atoms with Crippen LogP contribution in [0.2, 0.25) is 0 Å². The maximum atomic E-state index is 15.2. The second kappa shape index (κ2) is 10.8. The van der Waals surface area contributed by atoms with Crippen molar-refractivity contribution in [3.63, 3.8) is 0 Å². The lowest BCUT2D eigenvalue weighted by molar-refractivity contribution is 0.593. The van der Waals surface area contributed by atoms with E-state index in [0.717, 1.165) is 43.9 Å². The van der Waals surface area contributed by atoms with Crippen LogP contribution in [0.4, 0.5) is 17.1 Å². The van der Waals surface area contributed by atoms with Crippen molar-refractivity contribution in [1.29, 1.82) is 0 Å². The zero-order valence-corrected chi connectivity index (χ0v) is 30.2. The van der Waals surface area contributed by atoms with E-state index in [1.54, 1.807) is 0 Å². The second-order valence-electron chi connectivity index (χ2n) is 14.8. The fraction of sp³-hybridized carbons (Fsp3) is 0.0400. The summed E-state index contributed by atoms with van der Waals surface area (Å²) in [5.41, 5.74) is 16.4. The van der Waals surface area contributed by atoms with Crippen molar-refractivity contribution < 1.29 is 4.57 Å². The van der Waals surface area contributed by atoms with Crippen LogP contribution < -0.4 is 26.1 Å². The van der Waals surface area contributed by atoms with Crippen molar-refractivity contribution in [2.75, 3.05) is 10.2 Å². The first-order valence-electron chi connectivity index (χ1n) is 18.7. The zero-order valence-electron chi connectivity index (χ0n) is 29.3. The monoisotopic (exact) mass is 708 g/mol. The van der Waals surface area contributed by atoms with Crippen molar-refractivity contribution in [2.24, 2.45) is 0 Å². The first kappa shape index (κ1) is 30.1. The number of nitrogens with one attached hydrogen (secondary N) is 1. The number of anilines is 3. The molecule has 0 aromatic heterocycles. The molecule has 3 unspecified atom stereocenters. The highest BCUT2D eigenvalue weighted by Crippen LogP contribution is 2.66. The first-order valence-corrected chi connectivity index (χ1v) is 20.4. The van der Waals surface area contributed by atoms with Crippen LogP contribution in [0.1, 0.15) is 34.0 Å². The summed E-state index contributed by atoms with van der Waals surface area (Å²) < 4.78 is 15.2. The number of hydrogen-bond donors (Lipinski definition) is 1. The van der Waals surface area contributed by atoms with Crippen molar-refractivity contribution in [1.82, 2.24) is 0 Å². The molecule has 0 bridgehead atoms. The quantitative estimate of drug-likeness (QED) is 0.186. The Balaban J connectivity index is 1.09. The van der Waals surface area contributed by atoms with Crippen LogP contribution in [0.5, 0.6) is 0 Å². The molecule has 0 amide bonds. The smallest absolute Gasteiger partial charge is 0.172 e.